The highest BCUT2D eigenvalue weighted by atomic mass is 35.5. The highest BCUT2D eigenvalue weighted by molar-refractivity contribution is 6.29. The first-order valence-corrected chi connectivity index (χ1v) is 6.92. The zero-order chi connectivity index (χ0) is 14.0. The summed E-state index contributed by atoms with van der Waals surface area (Å²) in [6.45, 7) is 3.28. The Kier molecular flexibility index (Phi) is 2.30. The topological polar surface area (TPSA) is 71.2 Å². The van der Waals surface area contributed by atoms with Crippen molar-refractivity contribution in [3.63, 3.8) is 0 Å². The molecule has 7 heteroatoms. The molecule has 1 N–H and O–H groups in total. The molecule has 2 aromatic rings. The van der Waals surface area contributed by atoms with Crippen LogP contribution in [0.25, 0.3) is 11.0 Å². The molecule has 2 aliphatic rings. The normalized spacial score (nSPS) is 27.9. The fourth-order valence-corrected chi connectivity index (χ4v) is 3.69. The monoisotopic (exact) mass is 292 g/mol. The molecular weight excluding hydrogens is 280 g/mol. The number of likely N-dealkylation sites (tertiary alicyclic amines) is 1. The van der Waals surface area contributed by atoms with E-state index in [-0.39, 0.29) is 0 Å². The van der Waals surface area contributed by atoms with E-state index in [1.54, 1.807) is 0 Å². The Bertz CT molecular complexity index is 716. The van der Waals surface area contributed by atoms with Gasteiger partial charge in [-0.05, 0) is 13.0 Å². The number of halogens is 1. The van der Waals surface area contributed by atoms with Gasteiger partial charge in [-0.15, -0.1) is 10.2 Å². The maximum Gasteiger partial charge on any atom is 0.407 e. The predicted octanol–water partition coefficient (Wildman–Crippen LogP) is 2.17. The van der Waals surface area contributed by atoms with E-state index < -0.39 is 6.09 Å². The second kappa shape index (κ2) is 3.85. The van der Waals surface area contributed by atoms with E-state index in [9.17, 15) is 4.79 Å². The van der Waals surface area contributed by atoms with E-state index >= 15 is 0 Å². The Morgan fingerprint density at radius 2 is 2.05 bits per heavy atom. The number of aromatic nitrogens is 3. The van der Waals surface area contributed by atoms with E-state index in [4.69, 9.17) is 16.7 Å². The molecule has 1 unspecified atom stereocenters. The Morgan fingerprint density at radius 3 is 2.70 bits per heavy atom. The third kappa shape index (κ3) is 1.54. The number of carbonyl (C=O) groups is 1. The van der Waals surface area contributed by atoms with E-state index in [0.717, 1.165) is 16.7 Å². The molecule has 0 aromatic carbocycles. The lowest BCUT2D eigenvalue weighted by atomic mass is 10.3. The molecule has 1 saturated carbocycles. The quantitative estimate of drug-likeness (QED) is 0.874. The number of aryl methyl sites for hydroxylation is 1. The standard InChI is InChI=1S/C13H13ClN4O2/c1-6-2-9-10(3-11(14)16-15-9)18(6)12-7-4-17(13(19)20)5-8(7)12/h2-3,7-8,12H,4-5H2,1H3,(H,19,20)/t7-,8+,12?. The second-order valence-corrected chi connectivity index (χ2v) is 5.99. The van der Waals surface area contributed by atoms with Crippen LogP contribution in [0.5, 0.6) is 0 Å². The molecule has 4 rings (SSSR count). The number of nitrogens with zero attached hydrogens (tertiary/aromatic N) is 4. The summed E-state index contributed by atoms with van der Waals surface area (Å²) in [5.74, 6) is 0.819. The van der Waals surface area contributed by atoms with Crippen molar-refractivity contribution >= 4 is 28.7 Å². The van der Waals surface area contributed by atoms with Crippen LogP contribution in [0.4, 0.5) is 4.79 Å². The molecule has 3 atom stereocenters. The third-order valence-electron chi connectivity index (χ3n) is 4.47. The predicted molar refractivity (Wildman–Crippen MR) is 72.9 cm³/mol. The fraction of sp³-hybridized carbons (Fsp3) is 0.462. The first-order chi connectivity index (χ1) is 9.56. The van der Waals surface area contributed by atoms with Crippen LogP contribution in [0.15, 0.2) is 12.1 Å². The number of carboxylic acid groups (broad SMARTS) is 1. The van der Waals surface area contributed by atoms with Crippen LogP contribution in [0.3, 0.4) is 0 Å². The van der Waals surface area contributed by atoms with Crippen molar-refractivity contribution in [3.8, 4) is 0 Å². The number of rotatable bonds is 1. The van der Waals surface area contributed by atoms with Crippen LogP contribution < -0.4 is 0 Å². The van der Waals surface area contributed by atoms with Gasteiger partial charge in [0.05, 0.1) is 5.52 Å². The van der Waals surface area contributed by atoms with Crippen molar-refractivity contribution in [2.75, 3.05) is 13.1 Å². The van der Waals surface area contributed by atoms with Crippen LogP contribution in [0.2, 0.25) is 5.15 Å². The lowest BCUT2D eigenvalue weighted by molar-refractivity contribution is 0.148. The average Bonchev–Trinajstić information content (AvgIpc) is 2.77. The summed E-state index contributed by atoms with van der Waals surface area (Å²) in [7, 11) is 0. The molecule has 2 fully saturated rings. The summed E-state index contributed by atoms with van der Waals surface area (Å²) in [6.07, 6.45) is -0.820. The first kappa shape index (κ1) is 12.0. The summed E-state index contributed by atoms with van der Waals surface area (Å²) in [4.78, 5) is 12.5. The van der Waals surface area contributed by atoms with Crippen molar-refractivity contribution in [1.82, 2.24) is 19.7 Å². The zero-order valence-corrected chi connectivity index (χ0v) is 11.6. The molecule has 0 spiro atoms. The second-order valence-electron chi connectivity index (χ2n) is 5.60. The van der Waals surface area contributed by atoms with Gasteiger partial charge in [0.1, 0.15) is 5.52 Å². The molecule has 3 heterocycles. The van der Waals surface area contributed by atoms with E-state index in [1.807, 2.05) is 19.1 Å². The molecule has 1 amide bonds. The van der Waals surface area contributed by atoms with Crippen molar-refractivity contribution in [3.05, 3.63) is 23.0 Å². The van der Waals surface area contributed by atoms with E-state index in [2.05, 4.69) is 14.8 Å². The third-order valence-corrected chi connectivity index (χ3v) is 4.66. The van der Waals surface area contributed by atoms with Crippen LogP contribution in [-0.4, -0.2) is 44.0 Å². The van der Waals surface area contributed by atoms with Gasteiger partial charge in [0.25, 0.3) is 0 Å². The lowest BCUT2D eigenvalue weighted by Crippen LogP contribution is -2.30. The summed E-state index contributed by atoms with van der Waals surface area (Å²) in [5.41, 5.74) is 2.95. The van der Waals surface area contributed by atoms with Crippen molar-refractivity contribution in [1.29, 1.82) is 0 Å². The molecule has 0 radical (unpaired) electrons. The minimum absolute atomic E-state index is 0.364. The van der Waals surface area contributed by atoms with Gasteiger partial charge < -0.3 is 14.6 Å². The molecule has 1 aliphatic carbocycles. The van der Waals surface area contributed by atoms with Crippen molar-refractivity contribution < 1.29 is 9.90 Å². The van der Waals surface area contributed by atoms with Crippen molar-refractivity contribution in [2.45, 2.75) is 13.0 Å². The van der Waals surface area contributed by atoms with Gasteiger partial charge in [0.15, 0.2) is 5.15 Å². The first-order valence-electron chi connectivity index (χ1n) is 6.55. The minimum Gasteiger partial charge on any atom is -0.465 e. The largest absolute Gasteiger partial charge is 0.465 e. The summed E-state index contributed by atoms with van der Waals surface area (Å²) in [6, 6.07) is 4.20. The summed E-state index contributed by atoms with van der Waals surface area (Å²) >= 11 is 5.94. The van der Waals surface area contributed by atoms with Crippen LogP contribution in [0, 0.1) is 18.8 Å². The Morgan fingerprint density at radius 1 is 1.35 bits per heavy atom. The number of amides is 1. The van der Waals surface area contributed by atoms with Crippen LogP contribution in [-0.2, 0) is 0 Å². The fourth-order valence-electron chi connectivity index (χ4n) is 3.55. The molecule has 1 saturated heterocycles. The van der Waals surface area contributed by atoms with Gasteiger partial charge >= 0.3 is 6.09 Å². The molecule has 2 aromatic heterocycles. The van der Waals surface area contributed by atoms with Crippen molar-refractivity contribution in [2.24, 2.45) is 11.8 Å². The Labute approximate surface area is 120 Å². The number of fused-ring (bicyclic) bond motifs is 2. The maximum atomic E-state index is 11.0. The average molecular weight is 293 g/mol. The highest BCUT2D eigenvalue weighted by Crippen LogP contribution is 2.56. The molecule has 0 bridgehead atoms. The van der Waals surface area contributed by atoms with Gasteiger partial charge in [-0.2, -0.15) is 0 Å². The molecular formula is C13H13ClN4O2. The van der Waals surface area contributed by atoms with Gasteiger partial charge in [0, 0.05) is 42.7 Å². The summed E-state index contributed by atoms with van der Waals surface area (Å²) < 4.78 is 2.24. The van der Waals surface area contributed by atoms with Gasteiger partial charge in [-0.1, -0.05) is 11.6 Å². The molecule has 104 valence electrons. The molecule has 1 aliphatic heterocycles. The van der Waals surface area contributed by atoms with Gasteiger partial charge in [-0.3, -0.25) is 0 Å². The summed E-state index contributed by atoms with van der Waals surface area (Å²) in [5, 5.41) is 17.4. The maximum absolute atomic E-state index is 11.0. The number of hydrogen-bond donors (Lipinski definition) is 1. The van der Waals surface area contributed by atoms with E-state index in [1.165, 1.54) is 4.90 Å². The van der Waals surface area contributed by atoms with Crippen LogP contribution in [0.1, 0.15) is 11.7 Å². The SMILES string of the molecule is Cc1cc2nnc(Cl)cc2n1C1[C@H]2CN(C(=O)O)C[C@@H]12. The Balaban J connectivity index is 1.70. The van der Waals surface area contributed by atoms with Crippen LogP contribution >= 0.6 is 11.6 Å². The zero-order valence-electron chi connectivity index (χ0n) is 10.8. The minimum atomic E-state index is -0.820. The lowest BCUT2D eigenvalue weighted by Gasteiger charge is -2.18. The van der Waals surface area contributed by atoms with Gasteiger partial charge in [0.2, 0.25) is 0 Å². The van der Waals surface area contributed by atoms with E-state index in [0.29, 0.717) is 36.1 Å². The Hall–Kier alpha value is -1.82. The molecule has 6 nitrogen and oxygen atoms in total. The van der Waals surface area contributed by atoms with Gasteiger partial charge in [-0.25, -0.2) is 4.79 Å². The number of hydrogen-bond acceptors (Lipinski definition) is 3. The molecule has 20 heavy (non-hydrogen) atoms. The number of piperidine rings is 1. The smallest absolute Gasteiger partial charge is 0.407 e. The highest BCUT2D eigenvalue weighted by Gasteiger charge is 2.58.